The number of hydrogen-bond acceptors (Lipinski definition) is 4. The largest absolute Gasteiger partial charge is 0.497 e. The molecule has 0 spiro atoms. The standard InChI is InChI=1S/C23H21NO4/c1-26-19-8-9-21-18(15-28-22(21)14-19)13-23(25)24-10-11-27-20-7-6-16-4-2-3-5-17(16)12-20/h2-9,12,14-15H,10-11,13H2,1H3,(H,24,25). The van der Waals surface area contributed by atoms with Crippen LogP contribution in [0.5, 0.6) is 11.5 Å². The van der Waals surface area contributed by atoms with Crippen molar-refractivity contribution < 1.29 is 18.7 Å². The molecule has 4 aromatic rings. The zero-order chi connectivity index (χ0) is 19.3. The quantitative estimate of drug-likeness (QED) is 0.488. The summed E-state index contributed by atoms with van der Waals surface area (Å²) in [4.78, 5) is 12.2. The van der Waals surface area contributed by atoms with Crippen LogP contribution in [0.3, 0.4) is 0 Å². The van der Waals surface area contributed by atoms with Crippen LogP contribution in [0.2, 0.25) is 0 Å². The molecule has 3 aromatic carbocycles. The second-order valence-corrected chi connectivity index (χ2v) is 6.51. The Hall–Kier alpha value is -3.47. The molecule has 0 fully saturated rings. The molecule has 0 aliphatic heterocycles. The molecule has 28 heavy (non-hydrogen) atoms. The number of nitrogens with one attached hydrogen (secondary N) is 1. The van der Waals surface area contributed by atoms with Gasteiger partial charge in [0.25, 0.3) is 0 Å². The zero-order valence-corrected chi connectivity index (χ0v) is 15.6. The van der Waals surface area contributed by atoms with E-state index in [1.807, 2.05) is 48.5 Å². The lowest BCUT2D eigenvalue weighted by Crippen LogP contribution is -2.29. The maximum Gasteiger partial charge on any atom is 0.224 e. The van der Waals surface area contributed by atoms with E-state index in [0.29, 0.717) is 18.7 Å². The predicted octanol–water partition coefficient (Wildman–Crippen LogP) is 4.33. The van der Waals surface area contributed by atoms with Crippen molar-refractivity contribution in [3.05, 3.63) is 72.5 Å². The van der Waals surface area contributed by atoms with Crippen molar-refractivity contribution in [3.63, 3.8) is 0 Å². The van der Waals surface area contributed by atoms with Gasteiger partial charge in [-0.1, -0.05) is 30.3 Å². The highest BCUT2D eigenvalue weighted by Gasteiger charge is 2.11. The minimum absolute atomic E-state index is 0.0689. The number of furan rings is 1. The topological polar surface area (TPSA) is 60.7 Å². The Bertz CT molecular complexity index is 1120. The fourth-order valence-corrected chi connectivity index (χ4v) is 3.18. The molecule has 0 atom stereocenters. The van der Waals surface area contributed by atoms with Gasteiger partial charge in [0.1, 0.15) is 23.7 Å². The van der Waals surface area contributed by atoms with Gasteiger partial charge in [0.15, 0.2) is 0 Å². The maximum atomic E-state index is 12.2. The Kier molecular flexibility index (Phi) is 5.15. The van der Waals surface area contributed by atoms with E-state index >= 15 is 0 Å². The third kappa shape index (κ3) is 3.93. The van der Waals surface area contributed by atoms with Crippen LogP contribution in [0.1, 0.15) is 5.56 Å². The Morgan fingerprint density at radius 3 is 2.68 bits per heavy atom. The molecule has 0 saturated heterocycles. The summed E-state index contributed by atoms with van der Waals surface area (Å²) in [6, 6.07) is 19.7. The summed E-state index contributed by atoms with van der Waals surface area (Å²) in [6.07, 6.45) is 1.88. The van der Waals surface area contributed by atoms with Crippen molar-refractivity contribution >= 4 is 27.6 Å². The fraction of sp³-hybridized carbons (Fsp3) is 0.174. The minimum Gasteiger partial charge on any atom is -0.497 e. The molecule has 1 aromatic heterocycles. The molecule has 0 radical (unpaired) electrons. The lowest BCUT2D eigenvalue weighted by atomic mass is 10.1. The van der Waals surface area contributed by atoms with Gasteiger partial charge in [-0.15, -0.1) is 0 Å². The Labute approximate surface area is 162 Å². The molecule has 142 valence electrons. The fourth-order valence-electron chi connectivity index (χ4n) is 3.18. The van der Waals surface area contributed by atoms with Gasteiger partial charge < -0.3 is 19.2 Å². The van der Waals surface area contributed by atoms with E-state index in [4.69, 9.17) is 13.9 Å². The van der Waals surface area contributed by atoms with E-state index in [1.54, 1.807) is 13.4 Å². The van der Waals surface area contributed by atoms with Gasteiger partial charge in [0, 0.05) is 17.0 Å². The molecule has 0 unspecified atom stereocenters. The predicted molar refractivity (Wildman–Crippen MR) is 109 cm³/mol. The average Bonchev–Trinajstić information content (AvgIpc) is 3.13. The second kappa shape index (κ2) is 8.05. The number of ether oxygens (including phenoxy) is 2. The highest BCUT2D eigenvalue weighted by Crippen LogP contribution is 2.26. The highest BCUT2D eigenvalue weighted by atomic mass is 16.5. The first kappa shape index (κ1) is 17.9. The Balaban J connectivity index is 1.28. The lowest BCUT2D eigenvalue weighted by molar-refractivity contribution is -0.120. The molecular weight excluding hydrogens is 354 g/mol. The molecule has 4 rings (SSSR count). The van der Waals surface area contributed by atoms with Crippen molar-refractivity contribution in [2.24, 2.45) is 0 Å². The highest BCUT2D eigenvalue weighted by molar-refractivity contribution is 5.88. The molecule has 5 nitrogen and oxygen atoms in total. The van der Waals surface area contributed by atoms with Crippen molar-refractivity contribution in [3.8, 4) is 11.5 Å². The third-order valence-corrected chi connectivity index (χ3v) is 4.63. The molecule has 0 bridgehead atoms. The number of methoxy groups -OCH3 is 1. The van der Waals surface area contributed by atoms with E-state index < -0.39 is 0 Å². The summed E-state index contributed by atoms with van der Waals surface area (Å²) in [5.41, 5.74) is 1.56. The molecule has 5 heteroatoms. The van der Waals surface area contributed by atoms with Crippen LogP contribution in [-0.2, 0) is 11.2 Å². The summed E-state index contributed by atoms with van der Waals surface area (Å²) in [5.74, 6) is 1.45. The van der Waals surface area contributed by atoms with Crippen LogP contribution in [0, 0.1) is 0 Å². The molecule has 1 amide bonds. The van der Waals surface area contributed by atoms with E-state index in [1.165, 1.54) is 5.39 Å². The van der Waals surface area contributed by atoms with Crippen LogP contribution in [0.4, 0.5) is 0 Å². The summed E-state index contributed by atoms with van der Waals surface area (Å²) in [5, 5.41) is 6.11. The normalized spacial score (nSPS) is 10.9. The van der Waals surface area contributed by atoms with E-state index in [0.717, 1.165) is 27.8 Å². The summed E-state index contributed by atoms with van der Waals surface area (Å²) >= 11 is 0. The van der Waals surface area contributed by atoms with Crippen LogP contribution in [0.25, 0.3) is 21.7 Å². The smallest absolute Gasteiger partial charge is 0.224 e. The van der Waals surface area contributed by atoms with Crippen molar-refractivity contribution in [2.75, 3.05) is 20.3 Å². The molecule has 0 aliphatic carbocycles. The first-order chi connectivity index (χ1) is 13.7. The van der Waals surface area contributed by atoms with Crippen LogP contribution < -0.4 is 14.8 Å². The van der Waals surface area contributed by atoms with Crippen molar-refractivity contribution in [1.29, 1.82) is 0 Å². The maximum absolute atomic E-state index is 12.2. The number of carbonyl (C=O) groups excluding carboxylic acids is 1. The van der Waals surface area contributed by atoms with Crippen molar-refractivity contribution in [2.45, 2.75) is 6.42 Å². The Morgan fingerprint density at radius 1 is 1.00 bits per heavy atom. The van der Waals surface area contributed by atoms with Gasteiger partial charge in [-0.3, -0.25) is 4.79 Å². The van der Waals surface area contributed by atoms with Gasteiger partial charge in [0.05, 0.1) is 26.3 Å². The summed E-state index contributed by atoms with van der Waals surface area (Å²) in [7, 11) is 1.61. The van der Waals surface area contributed by atoms with E-state index in [-0.39, 0.29) is 12.3 Å². The van der Waals surface area contributed by atoms with Crippen molar-refractivity contribution in [1.82, 2.24) is 5.32 Å². The van der Waals surface area contributed by atoms with Gasteiger partial charge in [-0.25, -0.2) is 0 Å². The average molecular weight is 375 g/mol. The zero-order valence-electron chi connectivity index (χ0n) is 15.6. The van der Waals surface area contributed by atoms with Gasteiger partial charge in [0.2, 0.25) is 5.91 Å². The first-order valence-electron chi connectivity index (χ1n) is 9.15. The third-order valence-electron chi connectivity index (χ3n) is 4.63. The monoisotopic (exact) mass is 375 g/mol. The number of amides is 1. The number of carbonyl (C=O) groups is 1. The molecular formula is C23H21NO4. The van der Waals surface area contributed by atoms with Gasteiger partial charge in [-0.2, -0.15) is 0 Å². The molecule has 0 saturated carbocycles. The van der Waals surface area contributed by atoms with E-state index in [2.05, 4.69) is 17.4 Å². The Morgan fingerprint density at radius 2 is 1.82 bits per heavy atom. The first-order valence-corrected chi connectivity index (χ1v) is 9.15. The number of rotatable bonds is 7. The number of hydrogen-bond donors (Lipinski definition) is 1. The van der Waals surface area contributed by atoms with Crippen LogP contribution in [-0.4, -0.2) is 26.2 Å². The van der Waals surface area contributed by atoms with Crippen LogP contribution in [0.15, 0.2) is 71.3 Å². The molecule has 1 N–H and O–H groups in total. The molecule has 1 heterocycles. The SMILES string of the molecule is COc1ccc2c(CC(=O)NCCOc3ccc4ccccc4c3)coc2c1. The summed E-state index contributed by atoms with van der Waals surface area (Å²) in [6.45, 7) is 0.850. The van der Waals surface area contributed by atoms with Gasteiger partial charge >= 0.3 is 0 Å². The second-order valence-electron chi connectivity index (χ2n) is 6.51. The number of fused-ring (bicyclic) bond motifs is 2. The summed E-state index contributed by atoms with van der Waals surface area (Å²) < 4.78 is 16.5. The lowest BCUT2D eigenvalue weighted by Gasteiger charge is -2.08. The minimum atomic E-state index is -0.0689. The van der Waals surface area contributed by atoms with Crippen LogP contribution >= 0.6 is 0 Å². The van der Waals surface area contributed by atoms with E-state index in [9.17, 15) is 4.79 Å². The number of benzene rings is 3. The van der Waals surface area contributed by atoms with Gasteiger partial charge in [-0.05, 0) is 35.0 Å². The molecule has 0 aliphatic rings.